The number of hydrogen-bond donors (Lipinski definition) is 3. The minimum Gasteiger partial charge on any atom is -0.395 e. The molecule has 2 aromatic rings. The van der Waals surface area contributed by atoms with Crippen LogP contribution in [0.4, 0.5) is 17.6 Å². The Kier molecular flexibility index (Phi) is 7.94. The first-order chi connectivity index (χ1) is 13.1. The fraction of sp³-hybridized carbons (Fsp3) is 0.500. The van der Waals surface area contributed by atoms with Gasteiger partial charge in [-0.2, -0.15) is 9.97 Å². The number of likely N-dealkylation sites (tertiary alicyclic amines) is 1. The second-order valence-electron chi connectivity index (χ2n) is 7.69. The lowest BCUT2D eigenvalue weighted by Gasteiger charge is -2.28. The molecule has 2 aliphatic heterocycles. The summed E-state index contributed by atoms with van der Waals surface area (Å²) in [5.41, 5.74) is 8.70. The van der Waals surface area contributed by atoms with Gasteiger partial charge in [0.2, 0.25) is 5.95 Å². The maximum absolute atomic E-state index is 9.02. The van der Waals surface area contributed by atoms with Gasteiger partial charge in [0.25, 0.3) is 0 Å². The van der Waals surface area contributed by atoms with E-state index in [9.17, 15) is 0 Å². The highest BCUT2D eigenvalue weighted by molar-refractivity contribution is 5.85. The molecule has 3 atom stereocenters. The molecule has 2 fully saturated rings. The van der Waals surface area contributed by atoms with Crippen LogP contribution in [-0.2, 0) is 0 Å². The van der Waals surface area contributed by atoms with Crippen molar-refractivity contribution in [2.24, 2.45) is 11.8 Å². The van der Waals surface area contributed by atoms with E-state index in [1.54, 1.807) is 0 Å². The summed E-state index contributed by atoms with van der Waals surface area (Å²) < 4.78 is 0. The summed E-state index contributed by atoms with van der Waals surface area (Å²) in [6.45, 7) is 5.74. The van der Waals surface area contributed by atoms with Gasteiger partial charge in [-0.1, -0.05) is 24.3 Å². The van der Waals surface area contributed by atoms with Crippen LogP contribution in [0.1, 0.15) is 17.2 Å². The average Bonchev–Trinajstić information content (AvgIpc) is 3.17. The molecule has 1 aromatic carbocycles. The standard InChI is InChI=1S/C20H28N6O.2ClH/c1-13-5-3-4-6-15(13)19-16-12-26(11-14(16)10-25(19)2)18-9-17(22-7-8-27)23-20(21)24-18;;/h3-6,9,14,16,19,27H,7-8,10-12H2,1-2H3,(H3,21,22,23,24);2*1H/t14-,16+,19-;;/m0../s1. The van der Waals surface area contributed by atoms with E-state index < -0.39 is 0 Å². The van der Waals surface area contributed by atoms with E-state index in [-0.39, 0.29) is 37.4 Å². The van der Waals surface area contributed by atoms with Crippen molar-refractivity contribution in [1.82, 2.24) is 14.9 Å². The average molecular weight is 441 g/mol. The molecule has 4 N–H and O–H groups in total. The van der Waals surface area contributed by atoms with Crippen molar-refractivity contribution >= 4 is 42.4 Å². The lowest BCUT2D eigenvalue weighted by Crippen LogP contribution is -2.30. The molecular formula is C20H30Cl2N6O. The Morgan fingerprint density at radius 1 is 1.17 bits per heavy atom. The number of aliphatic hydroxyl groups is 1. The van der Waals surface area contributed by atoms with Gasteiger partial charge in [-0.25, -0.2) is 0 Å². The second kappa shape index (κ2) is 9.80. The van der Waals surface area contributed by atoms with Crippen LogP contribution in [0.5, 0.6) is 0 Å². The van der Waals surface area contributed by atoms with Gasteiger partial charge in [-0.05, 0) is 31.0 Å². The molecule has 0 bridgehead atoms. The summed E-state index contributed by atoms with van der Waals surface area (Å²) in [6.07, 6.45) is 0. The smallest absolute Gasteiger partial charge is 0.223 e. The number of benzene rings is 1. The van der Waals surface area contributed by atoms with Crippen molar-refractivity contribution in [2.75, 3.05) is 55.8 Å². The largest absolute Gasteiger partial charge is 0.395 e. The first-order valence-corrected chi connectivity index (χ1v) is 9.57. The summed E-state index contributed by atoms with van der Waals surface area (Å²) in [7, 11) is 2.24. The molecule has 0 spiro atoms. The number of aryl methyl sites for hydroxylation is 1. The zero-order valence-electron chi connectivity index (χ0n) is 16.8. The Morgan fingerprint density at radius 2 is 1.93 bits per heavy atom. The topological polar surface area (TPSA) is 90.5 Å². The predicted molar refractivity (Wildman–Crippen MR) is 122 cm³/mol. The maximum Gasteiger partial charge on any atom is 0.223 e. The van der Waals surface area contributed by atoms with E-state index in [1.165, 1.54) is 11.1 Å². The van der Waals surface area contributed by atoms with E-state index in [2.05, 4.69) is 63.3 Å². The number of aromatic nitrogens is 2. The molecule has 1 aromatic heterocycles. The number of nitrogens with one attached hydrogen (secondary N) is 1. The van der Waals surface area contributed by atoms with Crippen LogP contribution in [0.25, 0.3) is 0 Å². The minimum atomic E-state index is 0. The van der Waals surface area contributed by atoms with Crippen molar-refractivity contribution < 1.29 is 5.11 Å². The highest BCUT2D eigenvalue weighted by Crippen LogP contribution is 2.45. The lowest BCUT2D eigenvalue weighted by atomic mass is 9.88. The van der Waals surface area contributed by atoms with Gasteiger partial charge in [0.15, 0.2) is 0 Å². The zero-order valence-corrected chi connectivity index (χ0v) is 18.4. The van der Waals surface area contributed by atoms with Crippen LogP contribution in [0, 0.1) is 18.8 Å². The molecule has 0 unspecified atom stereocenters. The summed E-state index contributed by atoms with van der Waals surface area (Å²) in [6, 6.07) is 11.1. The van der Waals surface area contributed by atoms with Crippen molar-refractivity contribution in [2.45, 2.75) is 13.0 Å². The van der Waals surface area contributed by atoms with E-state index in [0.29, 0.717) is 30.2 Å². The Hall–Kier alpha value is -1.80. The molecule has 4 rings (SSSR count). The normalized spacial score (nSPS) is 23.3. The molecule has 2 saturated heterocycles. The van der Waals surface area contributed by atoms with Crippen LogP contribution < -0.4 is 16.0 Å². The van der Waals surface area contributed by atoms with Crippen LogP contribution >= 0.6 is 24.8 Å². The van der Waals surface area contributed by atoms with Crippen molar-refractivity contribution in [3.8, 4) is 0 Å². The molecule has 7 nitrogen and oxygen atoms in total. The van der Waals surface area contributed by atoms with Gasteiger partial charge in [0.1, 0.15) is 11.6 Å². The monoisotopic (exact) mass is 440 g/mol. The zero-order chi connectivity index (χ0) is 19.0. The number of aliphatic hydroxyl groups excluding tert-OH is 1. The highest BCUT2D eigenvalue weighted by Gasteiger charge is 2.46. The van der Waals surface area contributed by atoms with Crippen molar-refractivity contribution in [1.29, 1.82) is 0 Å². The maximum atomic E-state index is 9.02. The van der Waals surface area contributed by atoms with Crippen LogP contribution in [0.3, 0.4) is 0 Å². The van der Waals surface area contributed by atoms with Gasteiger partial charge in [-0.15, -0.1) is 24.8 Å². The fourth-order valence-corrected chi connectivity index (χ4v) is 4.72. The van der Waals surface area contributed by atoms with Gasteiger partial charge >= 0.3 is 0 Å². The summed E-state index contributed by atoms with van der Waals surface area (Å²) in [5.74, 6) is 2.98. The highest BCUT2D eigenvalue weighted by atomic mass is 35.5. The SMILES string of the molecule is Cc1ccccc1[C@H]1[C@@H]2CN(c3cc(NCCO)nc(N)n3)C[C@@H]2CN1C.Cl.Cl. The summed E-state index contributed by atoms with van der Waals surface area (Å²) >= 11 is 0. The third-order valence-electron chi connectivity index (χ3n) is 5.87. The Morgan fingerprint density at radius 3 is 2.66 bits per heavy atom. The number of rotatable bonds is 5. The van der Waals surface area contributed by atoms with E-state index >= 15 is 0 Å². The molecular weight excluding hydrogens is 411 g/mol. The van der Waals surface area contributed by atoms with Gasteiger partial charge in [-0.3, -0.25) is 4.90 Å². The van der Waals surface area contributed by atoms with Crippen molar-refractivity contribution in [3.05, 3.63) is 41.5 Å². The number of fused-ring (bicyclic) bond motifs is 1. The molecule has 2 aliphatic rings. The van der Waals surface area contributed by atoms with Gasteiger partial charge < -0.3 is 21.1 Å². The third kappa shape index (κ3) is 4.69. The van der Waals surface area contributed by atoms with Gasteiger partial charge in [0, 0.05) is 44.2 Å². The van der Waals surface area contributed by atoms with E-state index in [0.717, 1.165) is 25.5 Å². The molecule has 3 heterocycles. The van der Waals surface area contributed by atoms with E-state index in [1.807, 2.05) is 6.07 Å². The summed E-state index contributed by atoms with van der Waals surface area (Å²) in [5, 5.41) is 12.1. The Bertz CT molecular complexity index is 823. The molecule has 9 heteroatoms. The molecule has 0 aliphatic carbocycles. The van der Waals surface area contributed by atoms with Crippen LogP contribution in [0.2, 0.25) is 0 Å². The number of anilines is 3. The predicted octanol–water partition coefficient (Wildman–Crippen LogP) is 2.35. The Labute approximate surface area is 184 Å². The molecule has 160 valence electrons. The Balaban J connectivity index is 0.00000150. The number of nitrogens with zero attached hydrogens (tertiary/aromatic N) is 4. The summed E-state index contributed by atoms with van der Waals surface area (Å²) in [4.78, 5) is 13.5. The van der Waals surface area contributed by atoms with Crippen LogP contribution in [-0.4, -0.2) is 59.8 Å². The minimum absolute atomic E-state index is 0. The molecule has 0 radical (unpaired) electrons. The molecule has 0 saturated carbocycles. The van der Waals surface area contributed by atoms with Gasteiger partial charge in [0.05, 0.1) is 6.61 Å². The lowest BCUT2D eigenvalue weighted by molar-refractivity contribution is 0.279. The first kappa shape index (κ1) is 23.5. The fourth-order valence-electron chi connectivity index (χ4n) is 4.72. The first-order valence-electron chi connectivity index (χ1n) is 9.57. The number of halogens is 2. The third-order valence-corrected chi connectivity index (χ3v) is 5.87. The quantitative estimate of drug-likeness (QED) is 0.656. The number of nitrogen functional groups attached to an aromatic ring is 1. The van der Waals surface area contributed by atoms with Crippen molar-refractivity contribution in [3.63, 3.8) is 0 Å². The molecule has 0 amide bonds. The number of hydrogen-bond acceptors (Lipinski definition) is 7. The second-order valence-corrected chi connectivity index (χ2v) is 7.69. The molecule has 29 heavy (non-hydrogen) atoms. The number of nitrogens with two attached hydrogens (primary N) is 1. The van der Waals surface area contributed by atoms with Crippen LogP contribution in [0.15, 0.2) is 30.3 Å². The van der Waals surface area contributed by atoms with E-state index in [4.69, 9.17) is 10.8 Å².